The van der Waals surface area contributed by atoms with Crippen LogP contribution < -0.4 is 15.5 Å². The lowest BCUT2D eigenvalue weighted by Crippen LogP contribution is -2.38. The number of nitrogens with zero attached hydrogens (tertiary/aromatic N) is 2. The van der Waals surface area contributed by atoms with Crippen LogP contribution in [0.25, 0.3) is 0 Å². The maximum absolute atomic E-state index is 12.0. The fraction of sp³-hybridized carbons (Fsp3) is 0.429. The highest BCUT2D eigenvalue weighted by atomic mass is 16.6. The van der Waals surface area contributed by atoms with Crippen molar-refractivity contribution in [1.29, 1.82) is 0 Å². The average Bonchev–Trinajstić information content (AvgIpc) is 2.52. The Morgan fingerprint density at radius 1 is 1.30 bits per heavy atom. The lowest BCUT2D eigenvalue weighted by molar-refractivity contribution is -0.384. The molecule has 0 unspecified atom stereocenters. The number of rotatable bonds is 8. The predicted molar refractivity (Wildman–Crippen MR) is 84.6 cm³/mol. The van der Waals surface area contributed by atoms with Gasteiger partial charge in [-0.05, 0) is 12.1 Å². The number of hydrogen-bond acceptors (Lipinski definition) is 6. The summed E-state index contributed by atoms with van der Waals surface area (Å²) in [6.45, 7) is 0.498. The molecule has 0 aliphatic heterocycles. The lowest BCUT2D eigenvalue weighted by atomic mass is 10.1. The third kappa shape index (κ3) is 5.55. The summed E-state index contributed by atoms with van der Waals surface area (Å²) in [5.74, 6) is -0.921. The van der Waals surface area contributed by atoms with E-state index in [-0.39, 0.29) is 23.7 Å². The number of methoxy groups -OCH3 is 1. The van der Waals surface area contributed by atoms with Gasteiger partial charge in [-0.15, -0.1) is 0 Å². The molecule has 1 aromatic rings. The number of ether oxygens (including phenoxy) is 1. The minimum atomic E-state index is -0.555. The summed E-state index contributed by atoms with van der Waals surface area (Å²) >= 11 is 0. The molecule has 0 radical (unpaired) electrons. The Bertz CT molecular complexity index is 589. The van der Waals surface area contributed by atoms with Gasteiger partial charge in [0.25, 0.3) is 11.6 Å². The molecule has 0 saturated carbocycles. The van der Waals surface area contributed by atoms with Crippen LogP contribution in [0.2, 0.25) is 0 Å². The van der Waals surface area contributed by atoms with Gasteiger partial charge in [-0.2, -0.15) is 0 Å². The molecule has 0 aromatic heterocycles. The molecule has 126 valence electrons. The summed E-state index contributed by atoms with van der Waals surface area (Å²) in [5, 5.41) is 16.0. The molecule has 0 atom stereocenters. The number of benzene rings is 1. The van der Waals surface area contributed by atoms with E-state index < -0.39 is 10.8 Å². The van der Waals surface area contributed by atoms with Gasteiger partial charge in [0.2, 0.25) is 5.91 Å². The molecule has 0 aliphatic rings. The first-order valence-corrected chi connectivity index (χ1v) is 6.86. The van der Waals surface area contributed by atoms with Crippen molar-refractivity contribution in [3.05, 3.63) is 33.9 Å². The number of carbonyl (C=O) groups excluding carboxylic acids is 2. The Hall–Kier alpha value is -2.68. The van der Waals surface area contributed by atoms with E-state index in [1.165, 1.54) is 25.3 Å². The van der Waals surface area contributed by atoms with Gasteiger partial charge in [0.1, 0.15) is 5.69 Å². The first-order chi connectivity index (χ1) is 10.9. The highest BCUT2D eigenvalue weighted by Gasteiger charge is 2.19. The van der Waals surface area contributed by atoms with Gasteiger partial charge in [0, 0.05) is 39.4 Å². The number of amides is 2. The van der Waals surface area contributed by atoms with E-state index in [1.807, 2.05) is 0 Å². The zero-order chi connectivity index (χ0) is 17.4. The Morgan fingerprint density at radius 3 is 2.57 bits per heavy atom. The molecular weight excluding hydrogens is 304 g/mol. The SMILES string of the molecule is COCCNC(=O)CNC(=O)c1ccc(N(C)C)c([N+](=O)[O-])c1. The highest BCUT2D eigenvalue weighted by Crippen LogP contribution is 2.27. The zero-order valence-electron chi connectivity index (χ0n) is 13.3. The molecule has 2 amide bonds. The second kappa shape index (κ2) is 8.69. The van der Waals surface area contributed by atoms with E-state index in [1.54, 1.807) is 19.0 Å². The molecule has 1 aromatic carbocycles. The Balaban J connectivity index is 2.71. The van der Waals surface area contributed by atoms with Crippen LogP contribution in [0.3, 0.4) is 0 Å². The van der Waals surface area contributed by atoms with E-state index in [2.05, 4.69) is 10.6 Å². The van der Waals surface area contributed by atoms with Gasteiger partial charge in [0.05, 0.1) is 18.1 Å². The van der Waals surface area contributed by atoms with Gasteiger partial charge < -0.3 is 20.3 Å². The Kier molecular flexibility index (Phi) is 6.94. The van der Waals surface area contributed by atoms with Gasteiger partial charge in [-0.3, -0.25) is 19.7 Å². The molecule has 23 heavy (non-hydrogen) atoms. The summed E-state index contributed by atoms with van der Waals surface area (Å²) in [6.07, 6.45) is 0. The lowest BCUT2D eigenvalue weighted by Gasteiger charge is -2.13. The molecule has 2 N–H and O–H groups in total. The molecule has 0 bridgehead atoms. The van der Waals surface area contributed by atoms with E-state index in [0.717, 1.165) is 0 Å². The van der Waals surface area contributed by atoms with E-state index in [4.69, 9.17) is 4.74 Å². The van der Waals surface area contributed by atoms with E-state index >= 15 is 0 Å². The van der Waals surface area contributed by atoms with Crippen LogP contribution >= 0.6 is 0 Å². The van der Waals surface area contributed by atoms with Gasteiger partial charge in [0.15, 0.2) is 0 Å². The van der Waals surface area contributed by atoms with Crippen LogP contribution in [0.1, 0.15) is 10.4 Å². The number of hydrogen-bond donors (Lipinski definition) is 2. The van der Waals surface area contributed by atoms with Crippen molar-refractivity contribution < 1.29 is 19.2 Å². The maximum atomic E-state index is 12.0. The fourth-order valence-corrected chi connectivity index (χ4v) is 1.81. The number of nitrogens with one attached hydrogen (secondary N) is 2. The number of nitro benzene ring substituents is 1. The monoisotopic (exact) mass is 324 g/mol. The molecule has 0 spiro atoms. The molecule has 0 saturated heterocycles. The standard InChI is InChI=1S/C14H20N4O5/c1-17(2)11-5-4-10(8-12(11)18(21)22)14(20)16-9-13(19)15-6-7-23-3/h4-5,8H,6-7,9H2,1-3H3,(H,15,19)(H,16,20). The Labute approximate surface area is 133 Å². The molecule has 0 aliphatic carbocycles. The minimum Gasteiger partial charge on any atom is -0.383 e. The van der Waals surface area contributed by atoms with Crippen LogP contribution in [-0.2, 0) is 9.53 Å². The fourth-order valence-electron chi connectivity index (χ4n) is 1.81. The number of anilines is 1. The average molecular weight is 324 g/mol. The topological polar surface area (TPSA) is 114 Å². The van der Waals surface area contributed by atoms with Gasteiger partial charge >= 0.3 is 0 Å². The number of carbonyl (C=O) groups is 2. The highest BCUT2D eigenvalue weighted by molar-refractivity contribution is 5.97. The van der Waals surface area contributed by atoms with Crippen molar-refractivity contribution in [2.75, 3.05) is 45.8 Å². The zero-order valence-corrected chi connectivity index (χ0v) is 13.3. The van der Waals surface area contributed by atoms with Crippen molar-refractivity contribution in [2.45, 2.75) is 0 Å². The summed E-state index contributed by atoms with van der Waals surface area (Å²) in [5.41, 5.74) is 0.336. The van der Waals surface area contributed by atoms with Crippen LogP contribution in [-0.4, -0.2) is 57.6 Å². The molecule has 0 heterocycles. The summed E-state index contributed by atoms with van der Waals surface area (Å²) < 4.78 is 4.78. The number of nitro groups is 1. The minimum absolute atomic E-state index is 0.118. The van der Waals surface area contributed by atoms with Gasteiger partial charge in [-0.25, -0.2) is 0 Å². The normalized spacial score (nSPS) is 10.0. The smallest absolute Gasteiger partial charge is 0.293 e. The van der Waals surface area contributed by atoms with Crippen LogP contribution in [0.15, 0.2) is 18.2 Å². The second-order valence-electron chi connectivity index (χ2n) is 4.88. The molecule has 9 nitrogen and oxygen atoms in total. The van der Waals surface area contributed by atoms with Crippen LogP contribution in [0.5, 0.6) is 0 Å². The Morgan fingerprint density at radius 2 is 2.00 bits per heavy atom. The van der Waals surface area contributed by atoms with E-state index in [0.29, 0.717) is 18.8 Å². The molecule has 0 fully saturated rings. The summed E-state index contributed by atoms with van der Waals surface area (Å²) in [4.78, 5) is 35.6. The van der Waals surface area contributed by atoms with Crippen molar-refractivity contribution in [2.24, 2.45) is 0 Å². The molecule has 9 heteroatoms. The van der Waals surface area contributed by atoms with Crippen LogP contribution in [0.4, 0.5) is 11.4 Å². The van der Waals surface area contributed by atoms with Crippen molar-refractivity contribution in [1.82, 2.24) is 10.6 Å². The third-order valence-electron chi connectivity index (χ3n) is 2.95. The summed E-state index contributed by atoms with van der Waals surface area (Å²) in [7, 11) is 4.86. The first kappa shape index (κ1) is 18.4. The van der Waals surface area contributed by atoms with Crippen molar-refractivity contribution in [3.8, 4) is 0 Å². The van der Waals surface area contributed by atoms with Crippen molar-refractivity contribution in [3.63, 3.8) is 0 Å². The second-order valence-corrected chi connectivity index (χ2v) is 4.88. The molecular formula is C14H20N4O5. The van der Waals surface area contributed by atoms with Crippen LogP contribution in [0, 0.1) is 10.1 Å². The first-order valence-electron chi connectivity index (χ1n) is 6.86. The predicted octanol–water partition coefficient (Wildman–Crippen LogP) is 0.153. The molecule has 1 rings (SSSR count). The van der Waals surface area contributed by atoms with E-state index in [9.17, 15) is 19.7 Å². The van der Waals surface area contributed by atoms with Gasteiger partial charge in [-0.1, -0.05) is 0 Å². The quantitative estimate of drug-likeness (QED) is 0.400. The summed E-state index contributed by atoms with van der Waals surface area (Å²) in [6, 6.07) is 4.15. The maximum Gasteiger partial charge on any atom is 0.293 e. The van der Waals surface area contributed by atoms with Crippen molar-refractivity contribution >= 4 is 23.2 Å². The third-order valence-corrected chi connectivity index (χ3v) is 2.95. The largest absolute Gasteiger partial charge is 0.383 e.